The van der Waals surface area contributed by atoms with E-state index < -0.39 is 40.8 Å². The number of halogens is 2. The number of benzene rings is 2. The Morgan fingerprint density at radius 1 is 0.848 bits per heavy atom. The zero-order valence-corrected chi connectivity index (χ0v) is 27.4. The summed E-state index contributed by atoms with van der Waals surface area (Å²) < 4.78 is 54.5. The first-order valence-corrected chi connectivity index (χ1v) is 16.3. The van der Waals surface area contributed by atoms with Crippen LogP contribution in [0.5, 0.6) is 23.0 Å². The van der Waals surface area contributed by atoms with Crippen LogP contribution in [-0.2, 0) is 16.0 Å². The van der Waals surface area contributed by atoms with E-state index in [1.165, 1.54) is 31.6 Å². The van der Waals surface area contributed by atoms with E-state index in [-0.39, 0.29) is 58.7 Å². The molecule has 5 rings (SSSR count). The second-order valence-electron chi connectivity index (χ2n) is 11.8. The Balaban J connectivity index is 1.24. The lowest BCUT2D eigenvalue weighted by atomic mass is 9.71. The number of methoxy groups -OCH3 is 2. The number of carbonyl (C=O) groups excluding carboxylic acids is 1. The van der Waals surface area contributed by atoms with Gasteiger partial charge in [0.1, 0.15) is 0 Å². The molecular weight excluding hydrogens is 642 g/mol. The lowest BCUT2D eigenvalue weighted by Gasteiger charge is -2.31. The van der Waals surface area contributed by atoms with Crippen molar-refractivity contribution in [3.63, 3.8) is 0 Å². The van der Waals surface area contributed by atoms with Crippen LogP contribution in [0, 0.1) is 28.9 Å². The maximum absolute atomic E-state index is 15.6. The second kappa shape index (κ2) is 13.4. The first-order chi connectivity index (χ1) is 21.9. The monoisotopic (exact) mass is 676 g/mol. The van der Waals surface area contributed by atoms with Crippen LogP contribution in [0.2, 0.25) is 0 Å². The predicted octanol–water partition coefficient (Wildman–Crippen LogP) is 7.60. The van der Waals surface area contributed by atoms with Gasteiger partial charge in [-0.1, -0.05) is 0 Å². The summed E-state index contributed by atoms with van der Waals surface area (Å²) in [5.74, 6) is -4.69. The number of carboxylic acid groups (broad SMARTS) is 2. The zero-order chi connectivity index (χ0) is 33.3. The van der Waals surface area contributed by atoms with E-state index in [2.05, 4.69) is 0 Å². The number of rotatable bonds is 15. The molecule has 2 heterocycles. The molecule has 0 spiro atoms. The first kappa shape index (κ1) is 33.4. The number of aliphatic carboxylic acids is 2. The van der Waals surface area contributed by atoms with Crippen molar-refractivity contribution >= 4 is 60.6 Å². The van der Waals surface area contributed by atoms with Gasteiger partial charge in [0.2, 0.25) is 0 Å². The Bertz CT molecular complexity index is 1810. The molecule has 2 aromatic carbocycles. The molecule has 9 nitrogen and oxygen atoms in total. The third-order valence-electron chi connectivity index (χ3n) is 8.38. The van der Waals surface area contributed by atoms with Gasteiger partial charge in [0.25, 0.3) is 0 Å². The fraction of sp³-hybridized carbons (Fsp3) is 0.424. The standard InChI is InChI=1S/C33H34F2O9S2/c1-33(2,32(39)40)9-8-16-12-19-23(45-16)14-21(41-3)29(26(19)34)43-10-5-11-44-30-22(42-4)15-24-20(27(30)35)13-25(46-24)28(36)17-6-7-18(17)31(37)38/h12-15,17-18H,5-11H2,1-4H3,(H,37,38)(H,39,40). The van der Waals surface area contributed by atoms with Crippen molar-refractivity contribution in [1.82, 2.24) is 0 Å². The molecule has 0 bridgehead atoms. The molecule has 2 aromatic heterocycles. The van der Waals surface area contributed by atoms with Crippen LogP contribution in [0.4, 0.5) is 8.78 Å². The Labute approximate surface area is 271 Å². The summed E-state index contributed by atoms with van der Waals surface area (Å²) in [4.78, 5) is 36.9. The molecule has 4 aromatic rings. The van der Waals surface area contributed by atoms with Crippen molar-refractivity contribution in [1.29, 1.82) is 0 Å². The maximum atomic E-state index is 15.6. The van der Waals surface area contributed by atoms with Crippen molar-refractivity contribution < 1.29 is 52.3 Å². The minimum absolute atomic E-state index is 0.00518. The molecule has 46 heavy (non-hydrogen) atoms. The Kier molecular flexibility index (Phi) is 9.73. The molecule has 0 saturated heterocycles. The summed E-state index contributed by atoms with van der Waals surface area (Å²) in [7, 11) is 2.78. The van der Waals surface area contributed by atoms with Gasteiger partial charge in [-0.15, -0.1) is 22.7 Å². The molecule has 1 aliphatic rings. The normalized spacial score (nSPS) is 16.3. The number of Topliss-reactive ketones (excluding diaryl/α,β-unsaturated/α-hetero) is 1. The third-order valence-corrected chi connectivity index (χ3v) is 10.6. The average molecular weight is 677 g/mol. The van der Waals surface area contributed by atoms with Crippen molar-refractivity contribution in [2.45, 2.75) is 46.0 Å². The van der Waals surface area contributed by atoms with Crippen LogP contribution < -0.4 is 18.9 Å². The van der Waals surface area contributed by atoms with Gasteiger partial charge in [-0.25, -0.2) is 8.78 Å². The van der Waals surface area contributed by atoms with Gasteiger partial charge in [0.15, 0.2) is 40.4 Å². The molecule has 0 aliphatic heterocycles. The topological polar surface area (TPSA) is 129 Å². The quantitative estimate of drug-likeness (QED) is 0.0966. The summed E-state index contributed by atoms with van der Waals surface area (Å²) in [6.07, 6.45) is 2.06. The fourth-order valence-corrected chi connectivity index (χ4v) is 7.49. The maximum Gasteiger partial charge on any atom is 0.309 e. The van der Waals surface area contributed by atoms with E-state index in [1.807, 2.05) is 0 Å². The zero-order valence-electron chi connectivity index (χ0n) is 25.7. The molecule has 0 amide bonds. The van der Waals surface area contributed by atoms with Crippen LogP contribution in [0.3, 0.4) is 0 Å². The minimum Gasteiger partial charge on any atom is -0.493 e. The van der Waals surface area contributed by atoms with E-state index in [1.54, 1.807) is 32.0 Å². The number of hydrogen-bond acceptors (Lipinski definition) is 9. The Morgan fingerprint density at radius 2 is 1.39 bits per heavy atom. The molecule has 246 valence electrons. The smallest absolute Gasteiger partial charge is 0.309 e. The highest BCUT2D eigenvalue weighted by molar-refractivity contribution is 7.21. The van der Waals surface area contributed by atoms with E-state index >= 15 is 8.78 Å². The number of carboxylic acids is 2. The molecule has 2 N–H and O–H groups in total. The highest BCUT2D eigenvalue weighted by Gasteiger charge is 2.42. The predicted molar refractivity (Wildman–Crippen MR) is 170 cm³/mol. The summed E-state index contributed by atoms with van der Waals surface area (Å²) in [5.41, 5.74) is -0.907. The summed E-state index contributed by atoms with van der Waals surface area (Å²) in [6.45, 7) is 3.34. The Hall–Kier alpha value is -3.97. The molecular formula is C33H34F2O9S2. The van der Waals surface area contributed by atoms with E-state index in [9.17, 15) is 24.6 Å². The van der Waals surface area contributed by atoms with Gasteiger partial charge in [0, 0.05) is 49.5 Å². The van der Waals surface area contributed by atoms with E-state index in [4.69, 9.17) is 18.9 Å². The van der Waals surface area contributed by atoms with Gasteiger partial charge < -0.3 is 29.2 Å². The van der Waals surface area contributed by atoms with Gasteiger partial charge in [-0.3, -0.25) is 14.4 Å². The van der Waals surface area contributed by atoms with Crippen LogP contribution in [-0.4, -0.2) is 55.4 Å². The molecule has 1 aliphatic carbocycles. The summed E-state index contributed by atoms with van der Waals surface area (Å²) in [5, 5.41) is 19.2. The van der Waals surface area contributed by atoms with Crippen molar-refractivity contribution in [3.8, 4) is 23.0 Å². The van der Waals surface area contributed by atoms with E-state index in [0.29, 0.717) is 40.5 Å². The van der Waals surface area contributed by atoms with Crippen molar-refractivity contribution in [2.75, 3.05) is 27.4 Å². The van der Waals surface area contributed by atoms with Gasteiger partial charge >= 0.3 is 11.9 Å². The van der Waals surface area contributed by atoms with Crippen LogP contribution in [0.1, 0.15) is 54.1 Å². The molecule has 2 unspecified atom stereocenters. The summed E-state index contributed by atoms with van der Waals surface area (Å²) in [6, 6.07) is 6.39. The van der Waals surface area contributed by atoms with Gasteiger partial charge in [-0.2, -0.15) is 0 Å². The number of aryl methyl sites for hydroxylation is 1. The largest absolute Gasteiger partial charge is 0.493 e. The van der Waals surface area contributed by atoms with Gasteiger partial charge in [-0.05, 0) is 51.7 Å². The number of carbonyl (C=O) groups is 3. The number of ketones is 1. The minimum atomic E-state index is -1.00. The number of thiophene rings is 2. The van der Waals surface area contributed by atoms with Crippen molar-refractivity contribution in [3.05, 3.63) is 45.7 Å². The SMILES string of the molecule is COc1cc2sc(CCC(C)(C)C(=O)O)cc2c(F)c1OCCCOc1c(OC)cc2sc(C(=O)C3CCC3C(=O)O)cc2c1F. The lowest BCUT2D eigenvalue weighted by molar-refractivity contribution is -0.147. The van der Waals surface area contributed by atoms with Crippen LogP contribution >= 0.6 is 22.7 Å². The fourth-order valence-electron chi connectivity index (χ4n) is 5.31. The highest BCUT2D eigenvalue weighted by atomic mass is 32.1. The number of hydrogen-bond donors (Lipinski definition) is 2. The van der Waals surface area contributed by atoms with E-state index in [0.717, 1.165) is 16.2 Å². The highest BCUT2D eigenvalue weighted by Crippen LogP contribution is 2.44. The molecule has 2 atom stereocenters. The molecule has 13 heteroatoms. The van der Waals surface area contributed by atoms with Crippen molar-refractivity contribution in [2.24, 2.45) is 17.3 Å². The number of ether oxygens (including phenoxy) is 4. The molecule has 1 fully saturated rings. The molecule has 0 radical (unpaired) electrons. The Morgan fingerprint density at radius 3 is 1.89 bits per heavy atom. The lowest BCUT2D eigenvalue weighted by Crippen LogP contribution is -2.37. The first-order valence-electron chi connectivity index (χ1n) is 14.7. The van der Waals surface area contributed by atoms with Crippen LogP contribution in [0.25, 0.3) is 20.2 Å². The van der Waals surface area contributed by atoms with Gasteiger partial charge in [0.05, 0.1) is 43.6 Å². The third kappa shape index (κ3) is 6.48. The summed E-state index contributed by atoms with van der Waals surface area (Å²) >= 11 is 2.45. The second-order valence-corrected chi connectivity index (χ2v) is 14.1. The van der Waals surface area contributed by atoms with Crippen LogP contribution in [0.15, 0.2) is 24.3 Å². The average Bonchev–Trinajstić information content (AvgIpc) is 3.61. The molecule has 1 saturated carbocycles. The number of fused-ring (bicyclic) bond motifs is 2.